The maximum Gasteiger partial charge on any atom is 0.258 e. The SMILES string of the molecule is COc1ccc(/C=C(\C)C(=O)N2C(=O)CO[C@H]2c2ccccc2)cc1OC(C)(C)C. The average Bonchev–Trinajstić information content (AvgIpc) is 3.08. The molecule has 3 rings (SSSR count). The molecule has 0 saturated carbocycles. The monoisotopic (exact) mass is 409 g/mol. The molecule has 0 aliphatic carbocycles. The van der Waals surface area contributed by atoms with Gasteiger partial charge in [0.25, 0.3) is 11.8 Å². The molecule has 30 heavy (non-hydrogen) atoms. The topological polar surface area (TPSA) is 65.1 Å². The van der Waals surface area contributed by atoms with Crippen LogP contribution in [0.15, 0.2) is 54.1 Å². The summed E-state index contributed by atoms with van der Waals surface area (Å²) in [5, 5.41) is 0. The van der Waals surface area contributed by atoms with Crippen LogP contribution in [-0.2, 0) is 14.3 Å². The van der Waals surface area contributed by atoms with Gasteiger partial charge in [-0.2, -0.15) is 0 Å². The lowest BCUT2D eigenvalue weighted by Gasteiger charge is -2.23. The van der Waals surface area contributed by atoms with Crippen LogP contribution in [0, 0.1) is 0 Å². The third-order valence-electron chi connectivity index (χ3n) is 4.50. The van der Waals surface area contributed by atoms with E-state index in [-0.39, 0.29) is 18.4 Å². The Hall–Kier alpha value is -3.12. The van der Waals surface area contributed by atoms with Crippen molar-refractivity contribution in [2.45, 2.75) is 39.5 Å². The highest BCUT2D eigenvalue weighted by atomic mass is 16.5. The van der Waals surface area contributed by atoms with E-state index >= 15 is 0 Å². The van der Waals surface area contributed by atoms with E-state index in [0.29, 0.717) is 17.1 Å². The normalized spacial score (nSPS) is 17.2. The Balaban J connectivity index is 1.88. The maximum atomic E-state index is 13.1. The molecule has 0 spiro atoms. The first-order valence-corrected chi connectivity index (χ1v) is 9.78. The lowest BCUT2D eigenvalue weighted by atomic mass is 10.1. The van der Waals surface area contributed by atoms with Crippen LogP contribution in [0.4, 0.5) is 0 Å². The molecular formula is C24H27NO5. The van der Waals surface area contributed by atoms with Gasteiger partial charge in [0.15, 0.2) is 17.7 Å². The van der Waals surface area contributed by atoms with E-state index < -0.39 is 11.8 Å². The largest absolute Gasteiger partial charge is 0.493 e. The van der Waals surface area contributed by atoms with E-state index in [0.717, 1.165) is 11.1 Å². The van der Waals surface area contributed by atoms with Crippen molar-refractivity contribution in [3.63, 3.8) is 0 Å². The Kier molecular flexibility index (Phi) is 6.27. The molecule has 2 aromatic carbocycles. The molecule has 158 valence electrons. The van der Waals surface area contributed by atoms with Gasteiger partial charge in [-0.3, -0.25) is 9.59 Å². The summed E-state index contributed by atoms with van der Waals surface area (Å²) in [7, 11) is 1.58. The fourth-order valence-corrected chi connectivity index (χ4v) is 3.20. The smallest absolute Gasteiger partial charge is 0.258 e. The van der Waals surface area contributed by atoms with Crippen molar-refractivity contribution < 1.29 is 23.8 Å². The highest BCUT2D eigenvalue weighted by Crippen LogP contribution is 2.33. The number of hydrogen-bond acceptors (Lipinski definition) is 5. The van der Waals surface area contributed by atoms with Crippen molar-refractivity contribution in [3.8, 4) is 11.5 Å². The molecule has 6 nitrogen and oxygen atoms in total. The molecule has 1 fully saturated rings. The fourth-order valence-electron chi connectivity index (χ4n) is 3.20. The summed E-state index contributed by atoms with van der Waals surface area (Å²) in [6.07, 6.45) is 1.01. The van der Waals surface area contributed by atoms with Crippen LogP contribution in [-0.4, -0.2) is 36.0 Å². The van der Waals surface area contributed by atoms with Crippen molar-refractivity contribution in [2.24, 2.45) is 0 Å². The number of carbonyl (C=O) groups is 2. The lowest BCUT2D eigenvalue weighted by molar-refractivity contribution is -0.142. The first-order chi connectivity index (χ1) is 14.2. The van der Waals surface area contributed by atoms with Crippen LogP contribution < -0.4 is 9.47 Å². The molecule has 0 N–H and O–H groups in total. The molecule has 1 aliphatic rings. The zero-order valence-corrected chi connectivity index (χ0v) is 18.0. The molecule has 0 bridgehead atoms. The van der Waals surface area contributed by atoms with Crippen LogP contribution >= 0.6 is 0 Å². The second kappa shape index (κ2) is 8.71. The van der Waals surface area contributed by atoms with Crippen LogP contribution in [0.1, 0.15) is 45.0 Å². The van der Waals surface area contributed by atoms with Gasteiger partial charge in [-0.1, -0.05) is 36.4 Å². The third-order valence-corrected chi connectivity index (χ3v) is 4.50. The minimum Gasteiger partial charge on any atom is -0.493 e. The molecule has 0 aromatic heterocycles. The number of methoxy groups -OCH3 is 1. The molecular weight excluding hydrogens is 382 g/mol. The van der Waals surface area contributed by atoms with Crippen molar-refractivity contribution in [2.75, 3.05) is 13.7 Å². The first kappa shape index (κ1) is 21.6. The van der Waals surface area contributed by atoms with Gasteiger partial charge in [-0.25, -0.2) is 4.90 Å². The van der Waals surface area contributed by atoms with Gasteiger partial charge in [-0.05, 0) is 51.5 Å². The van der Waals surface area contributed by atoms with Crippen molar-refractivity contribution in [3.05, 3.63) is 65.2 Å². The van der Waals surface area contributed by atoms with E-state index in [1.165, 1.54) is 4.90 Å². The minimum absolute atomic E-state index is 0.120. The van der Waals surface area contributed by atoms with Gasteiger partial charge in [-0.15, -0.1) is 0 Å². The molecule has 2 amide bonds. The molecule has 0 unspecified atom stereocenters. The summed E-state index contributed by atoms with van der Waals surface area (Å²) in [6.45, 7) is 7.42. The number of amides is 2. The summed E-state index contributed by atoms with van der Waals surface area (Å²) in [5.74, 6) is 0.452. The fraction of sp³-hybridized carbons (Fsp3) is 0.333. The Morgan fingerprint density at radius 3 is 2.47 bits per heavy atom. The van der Waals surface area contributed by atoms with E-state index in [1.807, 2.05) is 63.2 Å². The second-order valence-electron chi connectivity index (χ2n) is 8.10. The molecule has 6 heteroatoms. The zero-order valence-electron chi connectivity index (χ0n) is 18.0. The Labute approximate surface area is 177 Å². The van der Waals surface area contributed by atoms with Gasteiger partial charge in [0, 0.05) is 11.1 Å². The Morgan fingerprint density at radius 2 is 1.83 bits per heavy atom. The standard InChI is InChI=1S/C24H27NO5/c1-16(13-17-11-12-19(28-5)20(14-17)30-24(2,3)4)22(27)25-21(26)15-29-23(25)18-9-7-6-8-10-18/h6-14,23H,15H2,1-5H3/b16-13+/t23-/m0/s1. The molecule has 1 aliphatic heterocycles. The summed E-state index contributed by atoms with van der Waals surface area (Å²) >= 11 is 0. The minimum atomic E-state index is -0.717. The molecule has 1 saturated heterocycles. The summed E-state index contributed by atoms with van der Waals surface area (Å²) < 4.78 is 16.9. The number of carbonyl (C=O) groups excluding carboxylic acids is 2. The van der Waals surface area contributed by atoms with Gasteiger partial charge in [0.2, 0.25) is 0 Å². The van der Waals surface area contributed by atoms with Crippen LogP contribution in [0.3, 0.4) is 0 Å². The van der Waals surface area contributed by atoms with Crippen molar-refractivity contribution in [1.82, 2.24) is 4.90 Å². The Morgan fingerprint density at radius 1 is 1.13 bits per heavy atom. The summed E-state index contributed by atoms with van der Waals surface area (Å²) in [4.78, 5) is 26.6. The number of hydrogen-bond donors (Lipinski definition) is 0. The van der Waals surface area contributed by atoms with E-state index in [4.69, 9.17) is 14.2 Å². The molecule has 1 heterocycles. The van der Waals surface area contributed by atoms with E-state index in [1.54, 1.807) is 26.2 Å². The van der Waals surface area contributed by atoms with Gasteiger partial charge in [0.1, 0.15) is 12.2 Å². The number of benzene rings is 2. The van der Waals surface area contributed by atoms with Gasteiger partial charge >= 0.3 is 0 Å². The van der Waals surface area contributed by atoms with E-state index in [9.17, 15) is 9.59 Å². The average molecular weight is 409 g/mol. The molecule has 0 radical (unpaired) electrons. The van der Waals surface area contributed by atoms with E-state index in [2.05, 4.69) is 0 Å². The predicted octanol–water partition coefficient (Wildman–Crippen LogP) is 4.36. The highest BCUT2D eigenvalue weighted by Gasteiger charge is 2.38. The quantitative estimate of drug-likeness (QED) is 0.687. The van der Waals surface area contributed by atoms with Crippen LogP contribution in [0.2, 0.25) is 0 Å². The predicted molar refractivity (Wildman–Crippen MR) is 114 cm³/mol. The Bertz CT molecular complexity index is 959. The highest BCUT2D eigenvalue weighted by molar-refractivity contribution is 6.07. The van der Waals surface area contributed by atoms with Gasteiger partial charge in [0.05, 0.1) is 7.11 Å². The zero-order chi connectivity index (χ0) is 21.9. The number of nitrogens with zero attached hydrogens (tertiary/aromatic N) is 1. The number of imide groups is 1. The van der Waals surface area contributed by atoms with Crippen LogP contribution in [0.5, 0.6) is 11.5 Å². The first-order valence-electron chi connectivity index (χ1n) is 9.78. The summed E-state index contributed by atoms with van der Waals surface area (Å²) in [6, 6.07) is 14.7. The summed E-state index contributed by atoms with van der Waals surface area (Å²) in [5.41, 5.74) is 1.55. The number of rotatable bonds is 5. The van der Waals surface area contributed by atoms with Crippen molar-refractivity contribution in [1.29, 1.82) is 0 Å². The third kappa shape index (κ3) is 4.89. The van der Waals surface area contributed by atoms with Gasteiger partial charge < -0.3 is 14.2 Å². The number of ether oxygens (including phenoxy) is 3. The van der Waals surface area contributed by atoms with Crippen molar-refractivity contribution >= 4 is 17.9 Å². The van der Waals surface area contributed by atoms with Crippen LogP contribution in [0.25, 0.3) is 6.08 Å². The molecule has 2 aromatic rings. The second-order valence-corrected chi connectivity index (χ2v) is 8.10. The lowest BCUT2D eigenvalue weighted by Crippen LogP contribution is -2.35. The molecule has 1 atom stereocenters. The maximum absolute atomic E-state index is 13.1.